The van der Waals surface area contributed by atoms with Gasteiger partial charge in [-0.3, -0.25) is 4.79 Å². The van der Waals surface area contributed by atoms with E-state index < -0.39 is 12.0 Å². The highest BCUT2D eigenvalue weighted by atomic mass is 32.1. The van der Waals surface area contributed by atoms with Gasteiger partial charge in [0, 0.05) is 11.4 Å². The number of nitrogens with zero attached hydrogens (tertiary/aromatic N) is 1. The summed E-state index contributed by atoms with van der Waals surface area (Å²) in [6.45, 7) is 2.07. The number of thiazole rings is 1. The summed E-state index contributed by atoms with van der Waals surface area (Å²) in [7, 11) is 0. The molecule has 2 aromatic rings. The largest absolute Gasteiger partial charge is 0.480 e. The van der Waals surface area contributed by atoms with Crippen LogP contribution < -0.4 is 11.1 Å². The lowest BCUT2D eigenvalue weighted by atomic mass is 10.1. The number of carboxylic acid groups (broad SMARTS) is 1. The molecule has 7 heteroatoms. The van der Waals surface area contributed by atoms with Crippen molar-refractivity contribution >= 4 is 33.8 Å². The number of carboxylic acids is 1. The molecule has 0 saturated heterocycles. The number of hydrogen-bond acceptors (Lipinski definition) is 6. The van der Waals surface area contributed by atoms with Gasteiger partial charge in [0.15, 0.2) is 5.13 Å². The smallest absolute Gasteiger partial charge is 0.326 e. The van der Waals surface area contributed by atoms with Crippen LogP contribution >= 0.6 is 22.7 Å². The minimum atomic E-state index is -1.07. The van der Waals surface area contributed by atoms with Gasteiger partial charge in [-0.1, -0.05) is 0 Å². The second-order valence-electron chi connectivity index (χ2n) is 4.27. The van der Waals surface area contributed by atoms with E-state index in [1.807, 2.05) is 0 Å². The first-order chi connectivity index (χ1) is 9.06. The van der Waals surface area contributed by atoms with Crippen molar-refractivity contribution in [2.45, 2.75) is 25.4 Å². The molecule has 0 aliphatic carbocycles. The zero-order chi connectivity index (χ0) is 13.8. The van der Waals surface area contributed by atoms with Crippen molar-refractivity contribution < 1.29 is 9.90 Å². The van der Waals surface area contributed by atoms with Gasteiger partial charge in [0.25, 0.3) is 0 Å². The molecular weight excluding hydrogens is 282 g/mol. The van der Waals surface area contributed by atoms with Crippen molar-refractivity contribution in [3.63, 3.8) is 0 Å². The number of nitrogens with two attached hydrogens (primary N) is 1. The Balaban J connectivity index is 1.94. The van der Waals surface area contributed by atoms with Gasteiger partial charge in [0.05, 0.1) is 5.69 Å². The lowest BCUT2D eigenvalue weighted by molar-refractivity contribution is -0.138. The van der Waals surface area contributed by atoms with Crippen LogP contribution in [-0.2, 0) is 11.2 Å². The van der Waals surface area contributed by atoms with Gasteiger partial charge >= 0.3 is 5.97 Å². The van der Waals surface area contributed by atoms with Crippen molar-refractivity contribution in [2.75, 3.05) is 5.32 Å². The van der Waals surface area contributed by atoms with Crippen molar-refractivity contribution in [3.8, 4) is 0 Å². The van der Waals surface area contributed by atoms with Crippen LogP contribution in [0.2, 0.25) is 0 Å². The van der Waals surface area contributed by atoms with Crippen LogP contribution in [0.3, 0.4) is 0 Å². The predicted octanol–water partition coefficient (Wildman–Crippen LogP) is 2.33. The maximum absolute atomic E-state index is 10.8. The minimum Gasteiger partial charge on any atom is -0.480 e. The number of aromatic nitrogens is 1. The highest BCUT2D eigenvalue weighted by Gasteiger charge is 2.18. The Labute approximate surface area is 119 Å². The Morgan fingerprint density at radius 2 is 2.37 bits per heavy atom. The number of hydrogen-bond donors (Lipinski definition) is 3. The number of anilines is 1. The molecule has 2 rings (SSSR count). The third-order valence-corrected chi connectivity index (χ3v) is 4.12. The standard InChI is InChI=1S/C12H15N3O2S2/c1-7(4-8-2-3-18-5-8)14-12-15-9(6-19-12)10(13)11(16)17/h2-3,5-7,10H,4,13H2,1H3,(H,14,15)(H,16,17). The second kappa shape index (κ2) is 6.14. The summed E-state index contributed by atoms with van der Waals surface area (Å²) in [5, 5.41) is 18.6. The van der Waals surface area contributed by atoms with E-state index >= 15 is 0 Å². The molecule has 19 heavy (non-hydrogen) atoms. The third kappa shape index (κ3) is 3.76. The molecule has 2 heterocycles. The van der Waals surface area contributed by atoms with E-state index in [1.54, 1.807) is 16.7 Å². The summed E-state index contributed by atoms with van der Waals surface area (Å²) < 4.78 is 0. The van der Waals surface area contributed by atoms with Crippen LogP contribution in [0.15, 0.2) is 22.2 Å². The number of nitrogens with one attached hydrogen (secondary N) is 1. The van der Waals surface area contributed by atoms with Crippen LogP contribution in [0.25, 0.3) is 0 Å². The molecular formula is C12H15N3O2S2. The molecule has 0 radical (unpaired) electrons. The van der Waals surface area contributed by atoms with Crippen molar-refractivity contribution in [3.05, 3.63) is 33.5 Å². The molecule has 102 valence electrons. The summed E-state index contributed by atoms with van der Waals surface area (Å²) >= 11 is 3.05. The maximum atomic E-state index is 10.8. The first-order valence-corrected chi connectivity index (χ1v) is 7.60. The van der Waals surface area contributed by atoms with Gasteiger partial charge in [-0.25, -0.2) is 4.98 Å². The second-order valence-corrected chi connectivity index (χ2v) is 5.91. The van der Waals surface area contributed by atoms with Crippen LogP contribution in [0.5, 0.6) is 0 Å². The van der Waals surface area contributed by atoms with Crippen LogP contribution in [0.1, 0.15) is 24.2 Å². The van der Waals surface area contributed by atoms with E-state index in [0.29, 0.717) is 10.8 Å². The number of aliphatic carboxylic acids is 1. The van der Waals surface area contributed by atoms with Gasteiger partial charge in [0.1, 0.15) is 6.04 Å². The number of thiophene rings is 1. The van der Waals surface area contributed by atoms with Crippen molar-refractivity contribution in [1.29, 1.82) is 0 Å². The summed E-state index contributed by atoms with van der Waals surface area (Å²) in [6.07, 6.45) is 0.906. The SMILES string of the molecule is CC(Cc1ccsc1)Nc1nc(C(N)C(=O)O)cs1. The molecule has 5 nitrogen and oxygen atoms in total. The Hall–Kier alpha value is -1.44. The fourth-order valence-electron chi connectivity index (χ4n) is 1.65. The molecule has 2 aromatic heterocycles. The Kier molecular flexibility index (Phi) is 4.52. The fraction of sp³-hybridized carbons (Fsp3) is 0.333. The van der Waals surface area contributed by atoms with Gasteiger partial charge < -0.3 is 16.2 Å². The molecule has 0 spiro atoms. The molecule has 2 unspecified atom stereocenters. The topological polar surface area (TPSA) is 88.2 Å². The molecule has 4 N–H and O–H groups in total. The van der Waals surface area contributed by atoms with Crippen molar-refractivity contribution in [1.82, 2.24) is 4.98 Å². The molecule has 0 bridgehead atoms. The summed E-state index contributed by atoms with van der Waals surface area (Å²) in [5.41, 5.74) is 7.18. The Morgan fingerprint density at radius 1 is 1.58 bits per heavy atom. The first kappa shape index (κ1) is 14.0. The van der Waals surface area contributed by atoms with Gasteiger partial charge in [-0.2, -0.15) is 11.3 Å². The summed E-state index contributed by atoms with van der Waals surface area (Å²) in [6, 6.07) is 1.27. The normalized spacial score (nSPS) is 14.0. The average Bonchev–Trinajstić information content (AvgIpc) is 2.99. The lowest BCUT2D eigenvalue weighted by Gasteiger charge is -2.11. The molecule has 0 amide bonds. The van der Waals surface area contributed by atoms with E-state index in [4.69, 9.17) is 10.8 Å². The average molecular weight is 297 g/mol. The predicted molar refractivity (Wildman–Crippen MR) is 77.8 cm³/mol. The zero-order valence-electron chi connectivity index (χ0n) is 10.4. The van der Waals surface area contributed by atoms with Crippen LogP contribution in [0, 0.1) is 0 Å². The van der Waals surface area contributed by atoms with E-state index in [9.17, 15) is 4.79 Å². The zero-order valence-corrected chi connectivity index (χ0v) is 12.0. The molecule has 0 aliphatic heterocycles. The molecule has 2 atom stereocenters. The summed E-state index contributed by atoms with van der Waals surface area (Å²) in [4.78, 5) is 15.0. The molecule has 0 aliphatic rings. The third-order valence-electron chi connectivity index (χ3n) is 2.60. The first-order valence-electron chi connectivity index (χ1n) is 5.77. The van der Waals surface area contributed by atoms with Gasteiger partial charge in [-0.05, 0) is 35.7 Å². The highest BCUT2D eigenvalue weighted by molar-refractivity contribution is 7.13. The van der Waals surface area contributed by atoms with E-state index in [0.717, 1.165) is 6.42 Å². The van der Waals surface area contributed by atoms with E-state index in [-0.39, 0.29) is 6.04 Å². The lowest BCUT2D eigenvalue weighted by Crippen LogP contribution is -2.21. The van der Waals surface area contributed by atoms with Crippen LogP contribution in [-0.4, -0.2) is 22.1 Å². The fourth-order valence-corrected chi connectivity index (χ4v) is 3.19. The Morgan fingerprint density at radius 3 is 3.00 bits per heavy atom. The molecule has 0 saturated carbocycles. The van der Waals surface area contributed by atoms with E-state index in [2.05, 4.69) is 34.1 Å². The quantitative estimate of drug-likeness (QED) is 0.761. The number of rotatable bonds is 6. The summed E-state index contributed by atoms with van der Waals surface area (Å²) in [5.74, 6) is -1.07. The monoisotopic (exact) mass is 297 g/mol. The molecule has 0 fully saturated rings. The van der Waals surface area contributed by atoms with Crippen LogP contribution in [0.4, 0.5) is 5.13 Å². The van der Waals surface area contributed by atoms with Crippen molar-refractivity contribution in [2.24, 2.45) is 5.73 Å². The minimum absolute atomic E-state index is 0.231. The maximum Gasteiger partial charge on any atom is 0.326 e. The Bertz CT molecular complexity index is 539. The molecule has 0 aromatic carbocycles. The highest BCUT2D eigenvalue weighted by Crippen LogP contribution is 2.21. The number of carbonyl (C=O) groups is 1. The van der Waals surface area contributed by atoms with Gasteiger partial charge in [-0.15, -0.1) is 11.3 Å². The van der Waals surface area contributed by atoms with E-state index in [1.165, 1.54) is 16.9 Å². The van der Waals surface area contributed by atoms with Gasteiger partial charge in [0.2, 0.25) is 0 Å².